The molecule has 0 saturated carbocycles. The smallest absolute Gasteiger partial charge is 0.368 e. The van der Waals surface area contributed by atoms with Crippen LogP contribution in [-0.4, -0.2) is 31.4 Å². The first-order valence-corrected chi connectivity index (χ1v) is 10.8. The molecule has 1 amide bonds. The molecule has 0 saturated heterocycles. The lowest BCUT2D eigenvalue weighted by molar-refractivity contribution is -0.253. The number of carbonyl (C=O) groups is 1. The zero-order valence-electron chi connectivity index (χ0n) is 15.9. The molecule has 3 aromatic rings. The lowest BCUT2D eigenvalue weighted by Gasteiger charge is -2.25. The van der Waals surface area contributed by atoms with E-state index in [0.717, 1.165) is 15.4 Å². The molecule has 2 aromatic carbocycles. The van der Waals surface area contributed by atoms with E-state index in [1.807, 2.05) is 0 Å². The quantitative estimate of drug-likeness (QED) is 0.294. The molecule has 0 fully saturated rings. The molecule has 0 radical (unpaired) electrons. The Balaban J connectivity index is 1.66. The number of alkyl halides is 4. The first-order valence-electron chi connectivity index (χ1n) is 9.24. The molecule has 10 heteroatoms. The molecular formula is C21H16F4IN3O2. The summed E-state index contributed by atoms with van der Waals surface area (Å²) in [7, 11) is 0. The molecule has 0 aliphatic carbocycles. The maximum Gasteiger partial charge on any atom is 0.430 e. The van der Waals surface area contributed by atoms with Gasteiger partial charge in [-0.05, 0) is 17.7 Å². The number of carbonyl (C=O) groups excluding carboxylic acids is 1. The molecule has 31 heavy (non-hydrogen) atoms. The highest BCUT2D eigenvalue weighted by Crippen LogP contribution is 2.49. The molecule has 1 aliphatic heterocycles. The van der Waals surface area contributed by atoms with Crippen LogP contribution in [0.4, 0.5) is 23.2 Å². The van der Waals surface area contributed by atoms with Gasteiger partial charge in [-0.3, -0.25) is 9.48 Å². The third kappa shape index (κ3) is 3.61. The molecule has 4 rings (SSSR count). The molecule has 5 nitrogen and oxygen atoms in total. The minimum absolute atomic E-state index is 0.0259. The second kappa shape index (κ2) is 7.90. The first-order chi connectivity index (χ1) is 14.7. The van der Waals surface area contributed by atoms with Crippen LogP contribution in [0.5, 0.6) is 0 Å². The predicted octanol–water partition coefficient (Wildman–Crippen LogP) is 4.42. The number of anilines is 1. The summed E-state index contributed by atoms with van der Waals surface area (Å²) in [6.45, 7) is 0.258. The molecular weight excluding hydrogens is 529 g/mol. The fourth-order valence-electron chi connectivity index (χ4n) is 3.61. The monoisotopic (exact) mass is 545 g/mol. The SMILES string of the molecule is O=C1N(Cc2ccc(-c3cnn(CCI)c3)cc2F)c2ccccc2C1(O)C(F)(F)F. The molecule has 1 N–H and O–H groups in total. The summed E-state index contributed by atoms with van der Waals surface area (Å²) in [6.07, 6.45) is -1.84. The summed E-state index contributed by atoms with van der Waals surface area (Å²) >= 11 is 2.22. The highest BCUT2D eigenvalue weighted by atomic mass is 127. The number of aliphatic hydroxyl groups is 1. The van der Waals surface area contributed by atoms with E-state index in [1.165, 1.54) is 30.3 Å². The number of hydrogen-bond acceptors (Lipinski definition) is 3. The van der Waals surface area contributed by atoms with Crippen molar-refractivity contribution in [2.75, 3.05) is 9.33 Å². The number of aromatic nitrogens is 2. The average Bonchev–Trinajstić information content (AvgIpc) is 3.27. The average molecular weight is 545 g/mol. The van der Waals surface area contributed by atoms with Crippen LogP contribution in [0, 0.1) is 5.82 Å². The van der Waals surface area contributed by atoms with E-state index in [9.17, 15) is 27.5 Å². The van der Waals surface area contributed by atoms with E-state index in [2.05, 4.69) is 27.7 Å². The zero-order chi connectivity index (χ0) is 22.4. The van der Waals surface area contributed by atoms with Gasteiger partial charge in [0.15, 0.2) is 0 Å². The van der Waals surface area contributed by atoms with E-state index in [-0.39, 0.29) is 11.3 Å². The van der Waals surface area contributed by atoms with Crippen molar-refractivity contribution in [3.05, 3.63) is 71.8 Å². The van der Waals surface area contributed by atoms with Gasteiger partial charge in [-0.2, -0.15) is 18.3 Å². The van der Waals surface area contributed by atoms with Gasteiger partial charge in [0.05, 0.1) is 18.4 Å². The van der Waals surface area contributed by atoms with Crippen LogP contribution >= 0.6 is 22.6 Å². The molecule has 1 aliphatic rings. The van der Waals surface area contributed by atoms with Crippen molar-refractivity contribution < 1.29 is 27.5 Å². The second-order valence-electron chi connectivity index (χ2n) is 7.10. The standard InChI is InChI=1S/C21H16F4IN3O2/c22-17-9-13(15-10-27-28(11-15)8-7-26)5-6-14(17)12-29-18-4-2-1-3-16(18)20(31,19(29)30)21(23,24)25/h1-6,9-11,31H,7-8,12H2. The van der Waals surface area contributed by atoms with Crippen LogP contribution in [0.15, 0.2) is 54.9 Å². The number of benzene rings is 2. The third-order valence-corrected chi connectivity index (χ3v) is 5.69. The Kier molecular flexibility index (Phi) is 5.54. The summed E-state index contributed by atoms with van der Waals surface area (Å²) in [5.74, 6) is -2.23. The maximum atomic E-state index is 14.8. The van der Waals surface area contributed by atoms with Crippen molar-refractivity contribution in [3.8, 4) is 11.1 Å². The molecule has 0 bridgehead atoms. The van der Waals surface area contributed by atoms with Crippen LogP contribution in [0.25, 0.3) is 11.1 Å². The number of nitrogens with zero attached hydrogens (tertiary/aromatic N) is 3. The van der Waals surface area contributed by atoms with Crippen molar-refractivity contribution in [2.45, 2.75) is 24.9 Å². The van der Waals surface area contributed by atoms with Crippen LogP contribution < -0.4 is 4.90 Å². The largest absolute Gasteiger partial charge is 0.430 e. The van der Waals surface area contributed by atoms with Gasteiger partial charge in [0.1, 0.15) is 5.82 Å². The van der Waals surface area contributed by atoms with Gasteiger partial charge in [0.2, 0.25) is 0 Å². The second-order valence-corrected chi connectivity index (χ2v) is 8.18. The lowest BCUT2D eigenvalue weighted by Crippen LogP contribution is -2.50. The Bertz CT molecular complexity index is 1150. The number of halogens is 5. The Morgan fingerprint density at radius 2 is 1.87 bits per heavy atom. The molecule has 1 aromatic heterocycles. The Morgan fingerprint density at radius 1 is 1.13 bits per heavy atom. The summed E-state index contributed by atoms with van der Waals surface area (Å²) in [6, 6.07) is 9.39. The number of rotatable bonds is 5. The molecule has 0 spiro atoms. The van der Waals surface area contributed by atoms with Gasteiger partial charge in [-0.1, -0.05) is 52.9 Å². The summed E-state index contributed by atoms with van der Waals surface area (Å²) < 4.78 is 58.2. The van der Waals surface area contributed by atoms with E-state index in [1.54, 1.807) is 23.1 Å². The number of para-hydroxylation sites is 1. The van der Waals surface area contributed by atoms with Crippen LogP contribution in [0.3, 0.4) is 0 Å². The highest BCUT2D eigenvalue weighted by molar-refractivity contribution is 14.1. The Morgan fingerprint density at radius 3 is 2.55 bits per heavy atom. The number of fused-ring (bicyclic) bond motifs is 1. The van der Waals surface area contributed by atoms with Gasteiger partial charge < -0.3 is 10.0 Å². The van der Waals surface area contributed by atoms with E-state index in [4.69, 9.17) is 0 Å². The predicted molar refractivity (Wildman–Crippen MR) is 114 cm³/mol. The van der Waals surface area contributed by atoms with Gasteiger partial charge in [-0.25, -0.2) is 4.39 Å². The minimum Gasteiger partial charge on any atom is -0.368 e. The molecule has 1 unspecified atom stereocenters. The van der Waals surface area contributed by atoms with Gasteiger partial charge >= 0.3 is 6.18 Å². The molecule has 1 atom stereocenters. The van der Waals surface area contributed by atoms with Gasteiger partial charge in [0, 0.05) is 33.9 Å². The number of aryl methyl sites for hydroxylation is 1. The first kappa shape index (κ1) is 21.8. The van der Waals surface area contributed by atoms with E-state index < -0.39 is 35.6 Å². The molecule has 2 heterocycles. The number of hydrogen-bond donors (Lipinski definition) is 1. The van der Waals surface area contributed by atoms with E-state index in [0.29, 0.717) is 17.7 Å². The Labute approximate surface area is 188 Å². The van der Waals surface area contributed by atoms with Crippen molar-refractivity contribution >= 4 is 34.2 Å². The van der Waals surface area contributed by atoms with Crippen LogP contribution in [-0.2, 0) is 23.5 Å². The van der Waals surface area contributed by atoms with Gasteiger partial charge in [0.25, 0.3) is 11.5 Å². The lowest BCUT2D eigenvalue weighted by atomic mass is 9.95. The van der Waals surface area contributed by atoms with Crippen molar-refractivity contribution in [1.29, 1.82) is 0 Å². The summed E-state index contributed by atoms with van der Waals surface area (Å²) in [4.78, 5) is 13.4. The Hall–Kier alpha value is -2.47. The summed E-state index contributed by atoms with van der Waals surface area (Å²) in [5.41, 5.74) is -3.04. The molecule has 162 valence electrons. The van der Waals surface area contributed by atoms with E-state index >= 15 is 0 Å². The fraction of sp³-hybridized carbons (Fsp3) is 0.238. The summed E-state index contributed by atoms with van der Waals surface area (Å²) in [5, 5.41) is 14.5. The fourth-order valence-corrected chi connectivity index (χ4v) is 4.11. The zero-order valence-corrected chi connectivity index (χ0v) is 18.1. The highest BCUT2D eigenvalue weighted by Gasteiger charge is 2.66. The topological polar surface area (TPSA) is 58.4 Å². The van der Waals surface area contributed by atoms with Crippen molar-refractivity contribution in [1.82, 2.24) is 9.78 Å². The minimum atomic E-state index is -5.21. The van der Waals surface area contributed by atoms with Gasteiger partial charge in [-0.15, -0.1) is 0 Å². The normalized spacial score (nSPS) is 18.5. The third-order valence-electron chi connectivity index (χ3n) is 5.21. The van der Waals surface area contributed by atoms with Crippen molar-refractivity contribution in [3.63, 3.8) is 0 Å². The van der Waals surface area contributed by atoms with Crippen LogP contribution in [0.2, 0.25) is 0 Å². The van der Waals surface area contributed by atoms with Crippen molar-refractivity contribution in [2.24, 2.45) is 0 Å². The number of amides is 1. The van der Waals surface area contributed by atoms with Crippen LogP contribution in [0.1, 0.15) is 11.1 Å². The maximum absolute atomic E-state index is 14.8.